The molecular formula is C20H24O3. The van der Waals surface area contributed by atoms with Crippen molar-refractivity contribution >= 4 is 11.8 Å². The lowest BCUT2D eigenvalue weighted by Gasteiger charge is -2.25. The summed E-state index contributed by atoms with van der Waals surface area (Å²) in [6.07, 6.45) is 9.64. The molecule has 3 rings (SSSR count). The summed E-state index contributed by atoms with van der Waals surface area (Å²) in [5.41, 5.74) is 1.59. The molecule has 1 saturated carbocycles. The molecule has 0 heterocycles. The van der Waals surface area contributed by atoms with Crippen molar-refractivity contribution in [3.8, 4) is 0 Å². The third-order valence-corrected chi connectivity index (χ3v) is 4.93. The van der Waals surface area contributed by atoms with E-state index in [9.17, 15) is 9.59 Å². The molecule has 0 aromatic heterocycles. The van der Waals surface area contributed by atoms with Crippen LogP contribution in [0, 0.1) is 5.92 Å². The van der Waals surface area contributed by atoms with Gasteiger partial charge in [0, 0.05) is 6.42 Å². The number of ketones is 1. The Bertz CT molecular complexity index is 582. The molecule has 1 aromatic carbocycles. The molecule has 3 heteroatoms. The highest BCUT2D eigenvalue weighted by molar-refractivity contribution is 5.92. The van der Waals surface area contributed by atoms with E-state index in [2.05, 4.69) is 0 Å². The predicted octanol–water partition coefficient (Wildman–Crippen LogP) is 4.47. The zero-order valence-corrected chi connectivity index (χ0v) is 13.5. The van der Waals surface area contributed by atoms with Crippen molar-refractivity contribution in [3.05, 3.63) is 47.5 Å². The first-order valence-electron chi connectivity index (χ1n) is 8.71. The smallest absolute Gasteiger partial charge is 0.338 e. The van der Waals surface area contributed by atoms with Gasteiger partial charge in [-0.05, 0) is 49.0 Å². The number of ether oxygens (including phenoxy) is 1. The van der Waals surface area contributed by atoms with Crippen LogP contribution in [0.5, 0.6) is 0 Å². The van der Waals surface area contributed by atoms with Crippen LogP contribution in [0.15, 0.2) is 42.0 Å². The van der Waals surface area contributed by atoms with Crippen LogP contribution in [0.4, 0.5) is 0 Å². The Kier molecular flexibility index (Phi) is 5.27. The number of rotatable bonds is 5. The zero-order valence-electron chi connectivity index (χ0n) is 13.5. The quantitative estimate of drug-likeness (QED) is 0.753. The van der Waals surface area contributed by atoms with Gasteiger partial charge in [-0.15, -0.1) is 0 Å². The van der Waals surface area contributed by atoms with Crippen LogP contribution in [0.2, 0.25) is 0 Å². The molecule has 0 N–H and O–H groups in total. The fourth-order valence-corrected chi connectivity index (χ4v) is 3.67. The van der Waals surface area contributed by atoms with E-state index in [0.717, 1.165) is 24.8 Å². The first-order chi connectivity index (χ1) is 11.2. The second kappa shape index (κ2) is 7.58. The van der Waals surface area contributed by atoms with E-state index in [1.54, 1.807) is 18.2 Å². The lowest BCUT2D eigenvalue weighted by atomic mass is 9.89. The summed E-state index contributed by atoms with van der Waals surface area (Å²) in [5.74, 6) is 0.493. The fourth-order valence-electron chi connectivity index (χ4n) is 3.67. The molecule has 122 valence electrons. The number of esters is 1. The summed E-state index contributed by atoms with van der Waals surface area (Å²) < 4.78 is 5.83. The van der Waals surface area contributed by atoms with E-state index in [1.807, 2.05) is 18.2 Å². The maximum Gasteiger partial charge on any atom is 0.338 e. The number of carbonyl (C=O) groups is 2. The molecule has 23 heavy (non-hydrogen) atoms. The van der Waals surface area contributed by atoms with E-state index in [4.69, 9.17) is 4.74 Å². The molecule has 2 aliphatic rings. The largest absolute Gasteiger partial charge is 0.454 e. The van der Waals surface area contributed by atoms with Gasteiger partial charge in [-0.1, -0.05) is 43.9 Å². The van der Waals surface area contributed by atoms with Crippen molar-refractivity contribution < 1.29 is 14.3 Å². The molecule has 0 spiro atoms. The van der Waals surface area contributed by atoms with E-state index in [-0.39, 0.29) is 17.9 Å². The molecule has 1 fully saturated rings. The molecule has 1 atom stereocenters. The third-order valence-electron chi connectivity index (χ3n) is 4.93. The molecule has 2 aliphatic carbocycles. The number of hydrogen-bond donors (Lipinski definition) is 0. The first-order valence-corrected chi connectivity index (χ1v) is 8.71. The van der Waals surface area contributed by atoms with Gasteiger partial charge in [-0.2, -0.15) is 0 Å². The molecule has 3 nitrogen and oxygen atoms in total. The van der Waals surface area contributed by atoms with Gasteiger partial charge in [0.2, 0.25) is 0 Å². The Morgan fingerprint density at radius 2 is 1.83 bits per heavy atom. The Labute approximate surface area is 137 Å². The molecule has 1 aromatic rings. The molecular weight excluding hydrogens is 288 g/mol. The number of carbonyl (C=O) groups excluding carboxylic acids is 2. The zero-order chi connectivity index (χ0) is 16.1. The van der Waals surface area contributed by atoms with Crippen LogP contribution in [0.3, 0.4) is 0 Å². The number of hydrogen-bond acceptors (Lipinski definition) is 3. The Hall–Kier alpha value is -1.90. The summed E-state index contributed by atoms with van der Waals surface area (Å²) in [7, 11) is 0. The highest BCUT2D eigenvalue weighted by atomic mass is 16.5. The summed E-state index contributed by atoms with van der Waals surface area (Å²) in [5, 5.41) is 0. The van der Waals surface area contributed by atoms with E-state index >= 15 is 0 Å². The normalized spacial score (nSPS) is 20.2. The lowest BCUT2D eigenvalue weighted by Crippen LogP contribution is -2.25. The van der Waals surface area contributed by atoms with Crippen LogP contribution in [0.1, 0.15) is 61.7 Å². The van der Waals surface area contributed by atoms with Gasteiger partial charge in [0.25, 0.3) is 0 Å². The Morgan fingerprint density at radius 3 is 2.52 bits per heavy atom. The van der Waals surface area contributed by atoms with Gasteiger partial charge in [-0.25, -0.2) is 4.79 Å². The van der Waals surface area contributed by atoms with Gasteiger partial charge >= 0.3 is 5.97 Å². The molecule has 0 radical (unpaired) electrons. The van der Waals surface area contributed by atoms with Crippen molar-refractivity contribution in [3.63, 3.8) is 0 Å². The van der Waals surface area contributed by atoms with Crippen molar-refractivity contribution in [1.29, 1.82) is 0 Å². The maximum absolute atomic E-state index is 12.4. The average Bonchev–Trinajstić information content (AvgIpc) is 3.08. The fraction of sp³-hybridized carbons (Fsp3) is 0.500. The van der Waals surface area contributed by atoms with Gasteiger partial charge in [-0.3, -0.25) is 4.79 Å². The van der Waals surface area contributed by atoms with Crippen molar-refractivity contribution in [2.75, 3.05) is 0 Å². The van der Waals surface area contributed by atoms with Gasteiger partial charge in [0.15, 0.2) is 5.78 Å². The topological polar surface area (TPSA) is 43.4 Å². The summed E-state index contributed by atoms with van der Waals surface area (Å²) in [6.45, 7) is 0. The molecule has 1 unspecified atom stereocenters. The summed E-state index contributed by atoms with van der Waals surface area (Å²) >= 11 is 0. The van der Waals surface area contributed by atoms with Crippen LogP contribution in [-0.2, 0) is 9.53 Å². The summed E-state index contributed by atoms with van der Waals surface area (Å²) in [6, 6.07) is 9.11. The van der Waals surface area contributed by atoms with E-state index < -0.39 is 0 Å². The highest BCUT2D eigenvalue weighted by Gasteiger charge is 2.27. The molecule has 0 aliphatic heterocycles. The van der Waals surface area contributed by atoms with Crippen LogP contribution in [-0.4, -0.2) is 17.9 Å². The minimum absolute atomic E-state index is 0.165. The first kappa shape index (κ1) is 16.0. The average molecular weight is 312 g/mol. The van der Waals surface area contributed by atoms with Crippen LogP contribution >= 0.6 is 0 Å². The minimum atomic E-state index is -0.285. The minimum Gasteiger partial charge on any atom is -0.454 e. The second-order valence-electron chi connectivity index (χ2n) is 6.69. The monoisotopic (exact) mass is 312 g/mol. The SMILES string of the molecule is O=C1C=C(C(CC2CCCC2)OC(=O)c2ccccc2)CCC1. The molecule has 0 amide bonds. The maximum atomic E-state index is 12.4. The molecule has 0 saturated heterocycles. The second-order valence-corrected chi connectivity index (χ2v) is 6.69. The van der Waals surface area contributed by atoms with Crippen molar-refractivity contribution in [2.45, 2.75) is 57.5 Å². The Morgan fingerprint density at radius 1 is 1.09 bits per heavy atom. The standard InChI is InChI=1S/C20H24O3/c21-18-12-6-11-17(14-18)19(13-15-7-4-5-8-15)23-20(22)16-9-2-1-3-10-16/h1-3,9-10,14-15,19H,4-8,11-13H2. The van der Waals surface area contributed by atoms with Crippen LogP contribution in [0.25, 0.3) is 0 Å². The predicted molar refractivity (Wildman–Crippen MR) is 89.2 cm³/mol. The van der Waals surface area contributed by atoms with Gasteiger partial charge in [0.05, 0.1) is 5.56 Å². The molecule has 0 bridgehead atoms. The highest BCUT2D eigenvalue weighted by Crippen LogP contribution is 2.33. The van der Waals surface area contributed by atoms with Crippen molar-refractivity contribution in [1.82, 2.24) is 0 Å². The van der Waals surface area contributed by atoms with Crippen LogP contribution < -0.4 is 0 Å². The number of benzene rings is 1. The van der Waals surface area contributed by atoms with E-state index in [1.165, 1.54) is 25.7 Å². The third kappa shape index (κ3) is 4.31. The van der Waals surface area contributed by atoms with Gasteiger partial charge in [0.1, 0.15) is 6.10 Å². The summed E-state index contributed by atoms with van der Waals surface area (Å²) in [4.78, 5) is 24.2. The number of allylic oxidation sites excluding steroid dienone is 1. The van der Waals surface area contributed by atoms with Crippen molar-refractivity contribution in [2.24, 2.45) is 5.92 Å². The van der Waals surface area contributed by atoms with E-state index in [0.29, 0.717) is 17.9 Å². The van der Waals surface area contributed by atoms with Gasteiger partial charge < -0.3 is 4.74 Å². The lowest BCUT2D eigenvalue weighted by molar-refractivity contribution is -0.115. The Balaban J connectivity index is 1.74.